The van der Waals surface area contributed by atoms with Crippen molar-refractivity contribution in [1.29, 1.82) is 0 Å². The van der Waals surface area contributed by atoms with Crippen LogP contribution in [0.4, 0.5) is 13.2 Å². The van der Waals surface area contributed by atoms with Gasteiger partial charge in [0.25, 0.3) is 0 Å². The molecule has 0 aliphatic rings. The molecule has 0 saturated carbocycles. The molecule has 2 atom stereocenters. The summed E-state index contributed by atoms with van der Waals surface area (Å²) in [4.78, 5) is 0. The second kappa shape index (κ2) is 6.50. The van der Waals surface area contributed by atoms with Gasteiger partial charge in [-0.2, -0.15) is 0 Å². The van der Waals surface area contributed by atoms with E-state index in [1.165, 1.54) is 12.1 Å². The Morgan fingerprint density at radius 3 is 2.10 bits per heavy atom. The second-order valence-electron chi connectivity index (χ2n) is 4.94. The van der Waals surface area contributed by atoms with Gasteiger partial charge < -0.3 is 5.32 Å². The van der Waals surface area contributed by atoms with Crippen LogP contribution in [0.25, 0.3) is 0 Å². The van der Waals surface area contributed by atoms with Crippen molar-refractivity contribution < 1.29 is 13.2 Å². The summed E-state index contributed by atoms with van der Waals surface area (Å²) in [5.74, 6) is -1.39. The van der Waals surface area contributed by atoms with Gasteiger partial charge in [-0.15, -0.1) is 0 Å². The Morgan fingerprint density at radius 1 is 0.857 bits per heavy atom. The minimum absolute atomic E-state index is 0.236. The van der Waals surface area contributed by atoms with Gasteiger partial charge in [-0.25, -0.2) is 13.2 Å². The molecule has 0 saturated heterocycles. The lowest BCUT2D eigenvalue weighted by Gasteiger charge is -2.22. The van der Waals surface area contributed by atoms with Gasteiger partial charge in [0.1, 0.15) is 17.5 Å². The van der Waals surface area contributed by atoms with Crippen molar-refractivity contribution >= 4 is 11.6 Å². The summed E-state index contributed by atoms with van der Waals surface area (Å²) in [6, 6.07) is 6.78. The zero-order valence-corrected chi connectivity index (χ0v) is 12.4. The van der Waals surface area contributed by atoms with E-state index in [0.29, 0.717) is 10.6 Å². The molecular weight excluding hydrogens is 299 g/mol. The highest BCUT2D eigenvalue weighted by molar-refractivity contribution is 6.31. The van der Waals surface area contributed by atoms with Gasteiger partial charge in [-0.05, 0) is 49.7 Å². The molecule has 0 bridgehead atoms. The highest BCUT2D eigenvalue weighted by Gasteiger charge is 2.17. The molecule has 112 valence electrons. The smallest absolute Gasteiger partial charge is 0.128 e. The highest BCUT2D eigenvalue weighted by atomic mass is 35.5. The molecule has 0 aliphatic carbocycles. The molecule has 0 spiro atoms. The van der Waals surface area contributed by atoms with Crippen LogP contribution in [-0.4, -0.2) is 0 Å². The maximum Gasteiger partial charge on any atom is 0.128 e. The van der Waals surface area contributed by atoms with E-state index in [-0.39, 0.29) is 11.6 Å². The number of nitrogens with one attached hydrogen (secondary N) is 1. The van der Waals surface area contributed by atoms with Gasteiger partial charge in [0.2, 0.25) is 0 Å². The Bertz CT molecular complexity index is 645. The molecule has 21 heavy (non-hydrogen) atoms. The molecule has 2 rings (SSSR count). The fourth-order valence-electron chi connectivity index (χ4n) is 2.25. The Hall–Kier alpha value is -1.52. The van der Waals surface area contributed by atoms with Crippen molar-refractivity contribution in [3.8, 4) is 0 Å². The van der Waals surface area contributed by atoms with Gasteiger partial charge in [-0.3, -0.25) is 0 Å². The van der Waals surface area contributed by atoms with E-state index in [1.54, 1.807) is 13.0 Å². The second-order valence-corrected chi connectivity index (χ2v) is 5.35. The summed E-state index contributed by atoms with van der Waals surface area (Å²) in [6.07, 6.45) is 0. The van der Waals surface area contributed by atoms with Gasteiger partial charge in [0.05, 0.1) is 0 Å². The van der Waals surface area contributed by atoms with Crippen LogP contribution in [0.2, 0.25) is 5.02 Å². The third-order valence-electron chi connectivity index (χ3n) is 3.35. The van der Waals surface area contributed by atoms with E-state index >= 15 is 0 Å². The van der Waals surface area contributed by atoms with Gasteiger partial charge in [-0.1, -0.05) is 17.7 Å². The predicted molar refractivity (Wildman–Crippen MR) is 77.7 cm³/mol. The largest absolute Gasteiger partial charge is 0.303 e. The molecule has 5 heteroatoms. The first-order valence-corrected chi connectivity index (χ1v) is 6.92. The first-order chi connectivity index (χ1) is 9.88. The van der Waals surface area contributed by atoms with Gasteiger partial charge in [0.15, 0.2) is 0 Å². The Morgan fingerprint density at radius 2 is 1.43 bits per heavy atom. The zero-order chi connectivity index (χ0) is 15.6. The van der Waals surface area contributed by atoms with Crippen LogP contribution >= 0.6 is 11.6 Å². The Kier molecular flexibility index (Phi) is 4.91. The van der Waals surface area contributed by atoms with E-state index in [0.717, 1.165) is 18.2 Å². The molecule has 0 radical (unpaired) electrons. The maximum absolute atomic E-state index is 13.7. The van der Waals surface area contributed by atoms with E-state index in [1.807, 2.05) is 6.92 Å². The van der Waals surface area contributed by atoms with Crippen LogP contribution in [0.15, 0.2) is 36.4 Å². The predicted octanol–water partition coefficient (Wildman–Crippen LogP) is 5.17. The van der Waals surface area contributed by atoms with Crippen LogP contribution in [0.5, 0.6) is 0 Å². The molecule has 2 aromatic carbocycles. The number of benzene rings is 2. The zero-order valence-electron chi connectivity index (χ0n) is 11.6. The van der Waals surface area contributed by atoms with Gasteiger partial charge in [0, 0.05) is 22.7 Å². The van der Waals surface area contributed by atoms with Crippen molar-refractivity contribution in [2.45, 2.75) is 25.9 Å². The quantitative estimate of drug-likeness (QED) is 0.821. The number of rotatable bonds is 4. The summed E-state index contributed by atoms with van der Waals surface area (Å²) in [6.45, 7) is 3.55. The van der Waals surface area contributed by atoms with Crippen LogP contribution in [0.3, 0.4) is 0 Å². The first-order valence-electron chi connectivity index (χ1n) is 6.54. The van der Waals surface area contributed by atoms with Crippen LogP contribution in [0, 0.1) is 17.5 Å². The van der Waals surface area contributed by atoms with Crippen LogP contribution in [-0.2, 0) is 0 Å². The standard InChI is InChI=1S/C16H15ClF3N/c1-9(13-5-3-12(19)8-15(13)17)21-10(2)14-7-11(18)4-6-16(14)20/h3-10,21H,1-2H3. The molecular formula is C16H15ClF3N. The van der Waals surface area contributed by atoms with E-state index in [2.05, 4.69) is 5.32 Å². The molecule has 0 heterocycles. The highest BCUT2D eigenvalue weighted by Crippen LogP contribution is 2.27. The topological polar surface area (TPSA) is 12.0 Å². The minimum Gasteiger partial charge on any atom is -0.303 e. The third-order valence-corrected chi connectivity index (χ3v) is 3.68. The number of halogens is 4. The third kappa shape index (κ3) is 3.77. The van der Waals surface area contributed by atoms with Crippen molar-refractivity contribution in [2.24, 2.45) is 0 Å². The first kappa shape index (κ1) is 15.9. The summed E-state index contributed by atoms with van der Waals surface area (Å²) in [5, 5.41) is 3.42. The summed E-state index contributed by atoms with van der Waals surface area (Å²) >= 11 is 6.00. The number of hydrogen-bond donors (Lipinski definition) is 1. The van der Waals surface area contributed by atoms with E-state index in [9.17, 15) is 13.2 Å². The Labute approximate surface area is 126 Å². The van der Waals surface area contributed by atoms with Crippen molar-refractivity contribution in [3.05, 3.63) is 70.0 Å². The molecule has 0 aromatic heterocycles. The lowest BCUT2D eigenvalue weighted by molar-refractivity contribution is 0.469. The molecule has 2 unspecified atom stereocenters. The molecule has 0 amide bonds. The fourth-order valence-corrected chi connectivity index (χ4v) is 2.58. The average Bonchev–Trinajstić information content (AvgIpc) is 2.41. The monoisotopic (exact) mass is 313 g/mol. The van der Waals surface area contributed by atoms with E-state index in [4.69, 9.17) is 11.6 Å². The molecule has 1 nitrogen and oxygen atoms in total. The van der Waals surface area contributed by atoms with Crippen molar-refractivity contribution in [2.75, 3.05) is 0 Å². The van der Waals surface area contributed by atoms with Crippen LogP contribution < -0.4 is 5.32 Å². The fraction of sp³-hybridized carbons (Fsp3) is 0.250. The van der Waals surface area contributed by atoms with E-state index < -0.39 is 23.5 Å². The number of hydrogen-bond acceptors (Lipinski definition) is 1. The Balaban J connectivity index is 2.18. The van der Waals surface area contributed by atoms with Crippen LogP contribution in [0.1, 0.15) is 37.1 Å². The lowest BCUT2D eigenvalue weighted by Crippen LogP contribution is -2.23. The SMILES string of the molecule is CC(NC(C)c1ccc(F)cc1Cl)c1cc(F)ccc1F. The average molecular weight is 314 g/mol. The van der Waals surface area contributed by atoms with Gasteiger partial charge >= 0.3 is 0 Å². The summed E-state index contributed by atoms with van der Waals surface area (Å²) < 4.78 is 40.0. The van der Waals surface area contributed by atoms with Crippen molar-refractivity contribution in [1.82, 2.24) is 5.32 Å². The molecule has 0 fully saturated rings. The lowest BCUT2D eigenvalue weighted by atomic mass is 10.0. The summed E-state index contributed by atoms with van der Waals surface area (Å²) in [7, 11) is 0. The molecule has 0 aliphatic heterocycles. The molecule has 1 N–H and O–H groups in total. The van der Waals surface area contributed by atoms with Crippen molar-refractivity contribution in [3.63, 3.8) is 0 Å². The normalized spacial score (nSPS) is 14.0. The maximum atomic E-state index is 13.7. The molecule has 2 aromatic rings. The minimum atomic E-state index is -0.493. The summed E-state index contributed by atoms with van der Waals surface area (Å²) in [5.41, 5.74) is 0.932.